The molecule has 1 aromatic rings. The fourth-order valence-corrected chi connectivity index (χ4v) is 1.96. The number of hydrogen-bond donors (Lipinski definition) is 0. The summed E-state index contributed by atoms with van der Waals surface area (Å²) in [7, 11) is 1.82. The number of carbonyl (C=O) groups excluding carboxylic acids is 1. The molecule has 0 N–H and O–H groups in total. The lowest BCUT2D eigenvalue weighted by molar-refractivity contribution is 0.0186. The molecule has 0 aromatic carbocycles. The van der Waals surface area contributed by atoms with E-state index in [9.17, 15) is 4.79 Å². The second-order valence-corrected chi connectivity index (χ2v) is 4.02. The number of aryl methyl sites for hydroxylation is 2. The molecule has 4 heteroatoms. The van der Waals surface area contributed by atoms with Gasteiger partial charge in [-0.05, 0) is 26.2 Å². The highest BCUT2D eigenvalue weighted by Gasteiger charge is 2.25. The van der Waals surface area contributed by atoms with Gasteiger partial charge in [-0.2, -0.15) is 5.10 Å². The van der Waals surface area contributed by atoms with E-state index >= 15 is 0 Å². The smallest absolute Gasteiger partial charge is 0.194 e. The zero-order valence-corrected chi connectivity index (χ0v) is 9.19. The molecule has 0 bridgehead atoms. The predicted octanol–water partition coefficient (Wildman–Crippen LogP) is 1.48. The Bertz CT molecular complexity index is 365. The fraction of sp³-hybridized carbons (Fsp3) is 0.636. The molecule has 0 spiro atoms. The molecule has 0 radical (unpaired) electrons. The van der Waals surface area contributed by atoms with E-state index in [0.29, 0.717) is 12.2 Å². The van der Waals surface area contributed by atoms with Gasteiger partial charge in [-0.15, -0.1) is 0 Å². The first-order chi connectivity index (χ1) is 7.18. The summed E-state index contributed by atoms with van der Waals surface area (Å²) in [6, 6.07) is 0. The third kappa shape index (κ3) is 2.09. The molecule has 1 unspecified atom stereocenters. The third-order valence-electron chi connectivity index (χ3n) is 2.75. The highest BCUT2D eigenvalue weighted by molar-refractivity contribution is 6.00. The van der Waals surface area contributed by atoms with Crippen molar-refractivity contribution >= 4 is 5.78 Å². The molecule has 1 aliphatic rings. The van der Waals surface area contributed by atoms with E-state index < -0.39 is 0 Å². The van der Waals surface area contributed by atoms with Crippen LogP contribution >= 0.6 is 0 Å². The number of nitrogens with zero attached hydrogens (tertiary/aromatic N) is 2. The molecule has 0 aliphatic carbocycles. The van der Waals surface area contributed by atoms with Crippen LogP contribution in [-0.2, 0) is 11.8 Å². The zero-order chi connectivity index (χ0) is 10.8. The Hall–Kier alpha value is -1.16. The number of aromatic nitrogens is 2. The van der Waals surface area contributed by atoms with E-state index in [4.69, 9.17) is 4.74 Å². The highest BCUT2D eigenvalue weighted by atomic mass is 16.5. The van der Waals surface area contributed by atoms with Gasteiger partial charge in [-0.25, -0.2) is 0 Å². The van der Waals surface area contributed by atoms with E-state index in [2.05, 4.69) is 5.10 Å². The van der Waals surface area contributed by atoms with Crippen LogP contribution < -0.4 is 0 Å². The molecular weight excluding hydrogens is 192 g/mol. The van der Waals surface area contributed by atoms with Crippen molar-refractivity contribution in [2.45, 2.75) is 32.3 Å². The van der Waals surface area contributed by atoms with Gasteiger partial charge < -0.3 is 4.74 Å². The molecule has 1 atom stereocenters. The molecule has 0 saturated carbocycles. The van der Waals surface area contributed by atoms with Crippen LogP contribution in [0.25, 0.3) is 0 Å². The standard InChI is InChI=1S/C11H16N2O2/c1-8-9(7-13(2)12-8)11(14)10-5-3-4-6-15-10/h7,10H,3-6H2,1-2H3. The summed E-state index contributed by atoms with van der Waals surface area (Å²) < 4.78 is 7.14. The molecule has 15 heavy (non-hydrogen) atoms. The van der Waals surface area contributed by atoms with Crippen molar-refractivity contribution in [2.75, 3.05) is 6.61 Å². The van der Waals surface area contributed by atoms with Gasteiger partial charge in [0.2, 0.25) is 0 Å². The maximum absolute atomic E-state index is 12.1. The van der Waals surface area contributed by atoms with E-state index in [1.165, 1.54) is 0 Å². The van der Waals surface area contributed by atoms with E-state index in [-0.39, 0.29) is 11.9 Å². The van der Waals surface area contributed by atoms with Gasteiger partial charge in [0, 0.05) is 19.9 Å². The van der Waals surface area contributed by atoms with E-state index in [0.717, 1.165) is 25.0 Å². The van der Waals surface area contributed by atoms with Gasteiger partial charge in [0.1, 0.15) is 6.10 Å². The quantitative estimate of drug-likeness (QED) is 0.691. The summed E-state index contributed by atoms with van der Waals surface area (Å²) in [4.78, 5) is 12.1. The van der Waals surface area contributed by atoms with Crippen molar-refractivity contribution in [1.29, 1.82) is 0 Å². The molecular formula is C11H16N2O2. The Balaban J connectivity index is 2.16. The number of ether oxygens (including phenoxy) is 1. The van der Waals surface area contributed by atoms with Crippen molar-refractivity contribution in [1.82, 2.24) is 9.78 Å². The maximum atomic E-state index is 12.1. The zero-order valence-electron chi connectivity index (χ0n) is 9.19. The van der Waals surface area contributed by atoms with Crippen LogP contribution in [0.5, 0.6) is 0 Å². The first kappa shape index (κ1) is 10.4. The van der Waals surface area contributed by atoms with Gasteiger partial charge >= 0.3 is 0 Å². The number of rotatable bonds is 2. The Kier molecular flexibility index (Phi) is 2.86. The lowest BCUT2D eigenvalue weighted by atomic mass is 10.0. The molecule has 1 fully saturated rings. The summed E-state index contributed by atoms with van der Waals surface area (Å²) in [5.74, 6) is 0.0836. The van der Waals surface area contributed by atoms with E-state index in [1.54, 1.807) is 10.9 Å². The van der Waals surface area contributed by atoms with Crippen LogP contribution in [0.1, 0.15) is 35.3 Å². The Labute approximate surface area is 89.2 Å². The van der Waals surface area contributed by atoms with Crippen molar-refractivity contribution in [3.63, 3.8) is 0 Å². The Morgan fingerprint density at radius 2 is 2.40 bits per heavy atom. The van der Waals surface area contributed by atoms with Gasteiger partial charge in [0.05, 0.1) is 11.3 Å². The normalized spacial score (nSPS) is 21.6. The van der Waals surface area contributed by atoms with Gasteiger partial charge in [-0.3, -0.25) is 9.48 Å². The summed E-state index contributed by atoms with van der Waals surface area (Å²) in [6.07, 6.45) is 4.51. The third-order valence-corrected chi connectivity index (χ3v) is 2.75. The minimum absolute atomic E-state index is 0.0836. The molecule has 1 aliphatic heterocycles. The number of Topliss-reactive ketones (excluding diaryl/α,β-unsaturated/α-hetero) is 1. The second-order valence-electron chi connectivity index (χ2n) is 4.02. The summed E-state index contributed by atoms with van der Waals surface area (Å²) >= 11 is 0. The predicted molar refractivity (Wildman–Crippen MR) is 55.9 cm³/mol. The first-order valence-corrected chi connectivity index (χ1v) is 5.34. The topological polar surface area (TPSA) is 44.1 Å². The summed E-state index contributed by atoms with van der Waals surface area (Å²) in [6.45, 7) is 2.56. The molecule has 1 aromatic heterocycles. The average Bonchev–Trinajstić information content (AvgIpc) is 2.58. The summed E-state index contributed by atoms with van der Waals surface area (Å²) in [5.41, 5.74) is 1.49. The van der Waals surface area contributed by atoms with Crippen molar-refractivity contribution in [3.8, 4) is 0 Å². The fourth-order valence-electron chi connectivity index (χ4n) is 1.96. The van der Waals surface area contributed by atoms with Gasteiger partial charge in [0.25, 0.3) is 0 Å². The first-order valence-electron chi connectivity index (χ1n) is 5.34. The number of carbonyl (C=O) groups is 1. The second kappa shape index (κ2) is 4.14. The SMILES string of the molecule is Cc1nn(C)cc1C(=O)C1CCCCO1. The molecule has 82 valence electrons. The monoisotopic (exact) mass is 208 g/mol. The van der Waals surface area contributed by atoms with Crippen LogP contribution in [-0.4, -0.2) is 28.3 Å². The highest BCUT2D eigenvalue weighted by Crippen LogP contribution is 2.18. The Morgan fingerprint density at radius 1 is 1.60 bits per heavy atom. The van der Waals surface area contributed by atoms with Crippen molar-refractivity contribution in [3.05, 3.63) is 17.5 Å². The molecule has 1 saturated heterocycles. The van der Waals surface area contributed by atoms with Crippen molar-refractivity contribution < 1.29 is 9.53 Å². The number of ketones is 1. The van der Waals surface area contributed by atoms with Crippen LogP contribution in [0.4, 0.5) is 0 Å². The van der Waals surface area contributed by atoms with Crippen LogP contribution in [0.2, 0.25) is 0 Å². The molecule has 2 rings (SSSR count). The maximum Gasteiger partial charge on any atom is 0.194 e. The minimum atomic E-state index is -0.248. The Morgan fingerprint density at radius 3 is 2.93 bits per heavy atom. The lowest BCUT2D eigenvalue weighted by Gasteiger charge is -2.20. The molecule has 0 amide bonds. The van der Waals surface area contributed by atoms with Crippen LogP contribution in [0.3, 0.4) is 0 Å². The van der Waals surface area contributed by atoms with Crippen LogP contribution in [0.15, 0.2) is 6.20 Å². The largest absolute Gasteiger partial charge is 0.370 e. The molecule has 4 nitrogen and oxygen atoms in total. The lowest BCUT2D eigenvalue weighted by Crippen LogP contribution is -2.28. The van der Waals surface area contributed by atoms with Gasteiger partial charge in [0.15, 0.2) is 5.78 Å². The average molecular weight is 208 g/mol. The van der Waals surface area contributed by atoms with Crippen molar-refractivity contribution in [2.24, 2.45) is 7.05 Å². The number of hydrogen-bond acceptors (Lipinski definition) is 3. The van der Waals surface area contributed by atoms with Crippen LogP contribution in [0, 0.1) is 6.92 Å². The van der Waals surface area contributed by atoms with E-state index in [1.807, 2.05) is 14.0 Å². The van der Waals surface area contributed by atoms with Gasteiger partial charge in [-0.1, -0.05) is 0 Å². The minimum Gasteiger partial charge on any atom is -0.370 e. The molecule has 2 heterocycles. The summed E-state index contributed by atoms with van der Waals surface area (Å²) in [5, 5.41) is 4.17.